The quantitative estimate of drug-likeness (QED) is 0.642. The third kappa shape index (κ3) is 7.48. The molecule has 20 heavy (non-hydrogen) atoms. The van der Waals surface area contributed by atoms with Crippen molar-refractivity contribution in [1.29, 1.82) is 0 Å². The van der Waals surface area contributed by atoms with Crippen LogP contribution in [0.25, 0.3) is 0 Å². The van der Waals surface area contributed by atoms with Gasteiger partial charge in [-0.1, -0.05) is 6.42 Å². The molecular formula is C15H26O5. The molecule has 0 aromatic heterocycles. The lowest BCUT2D eigenvalue weighted by molar-refractivity contribution is -0.155. The summed E-state index contributed by atoms with van der Waals surface area (Å²) in [6, 6.07) is 0. The van der Waals surface area contributed by atoms with Crippen LogP contribution in [0.4, 0.5) is 0 Å². The van der Waals surface area contributed by atoms with Gasteiger partial charge < -0.3 is 14.2 Å². The molecular weight excluding hydrogens is 260 g/mol. The fraction of sp³-hybridized carbons (Fsp3) is 0.867. The molecule has 0 heterocycles. The monoisotopic (exact) mass is 286 g/mol. The minimum atomic E-state index is -0.353. The largest absolute Gasteiger partial charge is 0.466 e. The standard InChI is InChI=1S/C15H26O5/c1-12(18-2)10-11-19-14(16)8-9-15(17)20-13-6-4-3-5-7-13/h12-13H,3-11H2,1-2H3. The van der Waals surface area contributed by atoms with Gasteiger partial charge >= 0.3 is 11.9 Å². The summed E-state index contributed by atoms with van der Waals surface area (Å²) in [6.45, 7) is 2.24. The summed E-state index contributed by atoms with van der Waals surface area (Å²) in [4.78, 5) is 23.0. The first-order valence-corrected chi connectivity index (χ1v) is 7.49. The third-order valence-corrected chi connectivity index (χ3v) is 3.57. The summed E-state index contributed by atoms with van der Waals surface area (Å²) in [7, 11) is 1.62. The van der Waals surface area contributed by atoms with E-state index in [1.165, 1.54) is 6.42 Å². The van der Waals surface area contributed by atoms with E-state index in [-0.39, 0.29) is 37.0 Å². The van der Waals surface area contributed by atoms with E-state index in [2.05, 4.69) is 0 Å². The Hall–Kier alpha value is -1.10. The molecule has 1 saturated carbocycles. The summed E-state index contributed by atoms with van der Waals surface area (Å²) in [5, 5.41) is 0. The number of carbonyl (C=O) groups is 2. The highest BCUT2D eigenvalue weighted by atomic mass is 16.5. The molecule has 0 bridgehead atoms. The summed E-state index contributed by atoms with van der Waals surface area (Å²) in [6.07, 6.45) is 6.34. The molecule has 1 fully saturated rings. The van der Waals surface area contributed by atoms with Crippen molar-refractivity contribution < 1.29 is 23.8 Å². The van der Waals surface area contributed by atoms with Crippen molar-refractivity contribution in [1.82, 2.24) is 0 Å². The maximum Gasteiger partial charge on any atom is 0.306 e. The van der Waals surface area contributed by atoms with Gasteiger partial charge in [0.25, 0.3) is 0 Å². The third-order valence-electron chi connectivity index (χ3n) is 3.57. The highest BCUT2D eigenvalue weighted by Gasteiger charge is 2.18. The fourth-order valence-electron chi connectivity index (χ4n) is 2.16. The smallest absolute Gasteiger partial charge is 0.306 e. The number of ether oxygens (including phenoxy) is 3. The summed E-state index contributed by atoms with van der Waals surface area (Å²) < 4.78 is 15.4. The maximum atomic E-state index is 11.6. The van der Waals surface area contributed by atoms with Crippen LogP contribution in [0, 0.1) is 0 Å². The molecule has 0 aromatic rings. The van der Waals surface area contributed by atoms with Crippen LogP contribution < -0.4 is 0 Å². The molecule has 1 aliphatic carbocycles. The van der Waals surface area contributed by atoms with Gasteiger partial charge in [-0.05, 0) is 32.6 Å². The maximum absolute atomic E-state index is 11.6. The van der Waals surface area contributed by atoms with Crippen molar-refractivity contribution in [2.24, 2.45) is 0 Å². The van der Waals surface area contributed by atoms with E-state index in [4.69, 9.17) is 14.2 Å². The topological polar surface area (TPSA) is 61.8 Å². The minimum absolute atomic E-state index is 0.0508. The second kappa shape index (κ2) is 9.75. The molecule has 5 nitrogen and oxygen atoms in total. The molecule has 116 valence electrons. The Morgan fingerprint density at radius 2 is 1.75 bits per heavy atom. The Morgan fingerprint density at radius 3 is 2.40 bits per heavy atom. The van der Waals surface area contributed by atoms with E-state index in [0.717, 1.165) is 25.7 Å². The first-order valence-electron chi connectivity index (χ1n) is 7.49. The molecule has 0 amide bonds. The van der Waals surface area contributed by atoms with Crippen LogP contribution in [0.15, 0.2) is 0 Å². The molecule has 0 aliphatic heterocycles. The molecule has 0 spiro atoms. The van der Waals surface area contributed by atoms with Crippen molar-refractivity contribution >= 4 is 11.9 Å². The average molecular weight is 286 g/mol. The SMILES string of the molecule is COC(C)CCOC(=O)CCC(=O)OC1CCCCC1. The molecule has 1 unspecified atom stereocenters. The molecule has 1 aliphatic rings. The van der Waals surface area contributed by atoms with Gasteiger partial charge in [-0.2, -0.15) is 0 Å². The van der Waals surface area contributed by atoms with Gasteiger partial charge in [0.15, 0.2) is 0 Å². The highest BCUT2D eigenvalue weighted by molar-refractivity contribution is 5.77. The Morgan fingerprint density at radius 1 is 1.10 bits per heavy atom. The predicted octanol–water partition coefficient (Wildman–Crippen LogP) is 2.61. The average Bonchev–Trinajstić information content (AvgIpc) is 2.46. The lowest BCUT2D eigenvalue weighted by Gasteiger charge is -2.21. The number of esters is 2. The zero-order valence-electron chi connectivity index (χ0n) is 12.6. The van der Waals surface area contributed by atoms with E-state index in [0.29, 0.717) is 13.0 Å². The Balaban J connectivity index is 2.06. The van der Waals surface area contributed by atoms with Crippen LogP contribution in [0.5, 0.6) is 0 Å². The van der Waals surface area contributed by atoms with Gasteiger partial charge in [-0.25, -0.2) is 0 Å². The molecule has 5 heteroatoms. The number of hydrogen-bond donors (Lipinski definition) is 0. The Bertz CT molecular complexity index is 297. The number of carbonyl (C=O) groups excluding carboxylic acids is 2. The van der Waals surface area contributed by atoms with Crippen molar-refractivity contribution in [2.75, 3.05) is 13.7 Å². The van der Waals surface area contributed by atoms with Crippen LogP contribution >= 0.6 is 0 Å². The molecule has 1 atom stereocenters. The van der Waals surface area contributed by atoms with Gasteiger partial charge in [0.2, 0.25) is 0 Å². The van der Waals surface area contributed by atoms with Crippen LogP contribution in [0.3, 0.4) is 0 Å². The van der Waals surface area contributed by atoms with Gasteiger partial charge in [0.05, 0.1) is 25.6 Å². The van der Waals surface area contributed by atoms with E-state index in [1.807, 2.05) is 6.92 Å². The predicted molar refractivity (Wildman–Crippen MR) is 74.2 cm³/mol. The van der Waals surface area contributed by atoms with Gasteiger partial charge in [-0.3, -0.25) is 9.59 Å². The van der Waals surface area contributed by atoms with Crippen LogP contribution in [-0.4, -0.2) is 37.9 Å². The second-order valence-electron chi connectivity index (χ2n) is 5.31. The first-order chi connectivity index (χ1) is 9.61. The molecule has 1 rings (SSSR count). The van der Waals surface area contributed by atoms with Gasteiger partial charge in [-0.15, -0.1) is 0 Å². The lowest BCUT2D eigenvalue weighted by Crippen LogP contribution is -2.21. The summed E-state index contributed by atoms with van der Waals surface area (Å²) in [5.41, 5.74) is 0. The first kappa shape index (κ1) is 17.0. The van der Waals surface area contributed by atoms with Gasteiger partial charge in [0.1, 0.15) is 6.10 Å². The zero-order chi connectivity index (χ0) is 14.8. The zero-order valence-corrected chi connectivity index (χ0v) is 12.6. The number of rotatable bonds is 8. The summed E-state index contributed by atoms with van der Waals surface area (Å²) >= 11 is 0. The van der Waals surface area contributed by atoms with E-state index < -0.39 is 0 Å². The summed E-state index contributed by atoms with van der Waals surface area (Å²) in [5.74, 6) is -0.645. The highest BCUT2D eigenvalue weighted by Crippen LogP contribution is 2.20. The Kier molecular flexibility index (Phi) is 8.26. The van der Waals surface area contributed by atoms with Crippen molar-refractivity contribution in [3.63, 3.8) is 0 Å². The van der Waals surface area contributed by atoms with Crippen molar-refractivity contribution in [2.45, 2.75) is 70.5 Å². The molecule has 0 N–H and O–H groups in total. The van der Waals surface area contributed by atoms with Crippen LogP contribution in [0.2, 0.25) is 0 Å². The Labute approximate surface area is 121 Å². The molecule has 0 radical (unpaired) electrons. The minimum Gasteiger partial charge on any atom is -0.466 e. The lowest BCUT2D eigenvalue weighted by atomic mass is 9.98. The van der Waals surface area contributed by atoms with Gasteiger partial charge in [0, 0.05) is 13.5 Å². The second-order valence-corrected chi connectivity index (χ2v) is 5.31. The van der Waals surface area contributed by atoms with E-state index in [1.54, 1.807) is 7.11 Å². The van der Waals surface area contributed by atoms with Crippen molar-refractivity contribution in [3.8, 4) is 0 Å². The normalized spacial score (nSPS) is 17.5. The number of hydrogen-bond acceptors (Lipinski definition) is 5. The van der Waals surface area contributed by atoms with E-state index in [9.17, 15) is 9.59 Å². The molecule has 0 aromatic carbocycles. The molecule has 0 saturated heterocycles. The van der Waals surface area contributed by atoms with Crippen molar-refractivity contribution in [3.05, 3.63) is 0 Å². The fourth-order valence-corrected chi connectivity index (χ4v) is 2.16. The van der Waals surface area contributed by atoms with Crippen LogP contribution in [-0.2, 0) is 23.8 Å². The number of methoxy groups -OCH3 is 1. The van der Waals surface area contributed by atoms with E-state index >= 15 is 0 Å². The van der Waals surface area contributed by atoms with Crippen LogP contribution in [0.1, 0.15) is 58.3 Å².